The number of benzene rings is 1. The van der Waals surface area contributed by atoms with E-state index in [9.17, 15) is 9.90 Å². The van der Waals surface area contributed by atoms with E-state index in [4.69, 9.17) is 0 Å². The van der Waals surface area contributed by atoms with Crippen LogP contribution >= 0.6 is 11.8 Å². The van der Waals surface area contributed by atoms with Crippen LogP contribution in [0.4, 0.5) is 5.69 Å². The molecule has 3 heterocycles. The molecule has 152 valence electrons. The second kappa shape index (κ2) is 7.52. The Morgan fingerprint density at radius 3 is 3.04 bits per heavy atom. The lowest BCUT2D eigenvalue weighted by Gasteiger charge is -2.35. The summed E-state index contributed by atoms with van der Waals surface area (Å²) in [7, 11) is 0. The zero-order chi connectivity index (χ0) is 19.3. The standard InChI is InChI=1S/C21H30N4O2S/c1-2-12-4-3-5-16-15(12)10-18(23-16)20(27)25-7-6-17-19(11-25)28-21(24-17)22-13-8-14(26)9-13/h3-5,13-14,17-19,21-24,26H,2,6-11H2,1H3. The molecule has 3 fully saturated rings. The molecule has 0 spiro atoms. The fourth-order valence-electron chi connectivity index (χ4n) is 5.03. The SMILES string of the molecule is CCc1cccc2c1CC(C(=O)N1CCC3NC(NC4CC(O)C4)SC3C1)N2. The summed E-state index contributed by atoms with van der Waals surface area (Å²) in [5.41, 5.74) is 4.05. The first-order chi connectivity index (χ1) is 13.6. The summed E-state index contributed by atoms with van der Waals surface area (Å²) >= 11 is 1.91. The van der Waals surface area contributed by atoms with Crippen molar-refractivity contribution in [2.45, 2.75) is 74.0 Å². The number of amides is 1. The maximum Gasteiger partial charge on any atom is 0.245 e. The van der Waals surface area contributed by atoms with Gasteiger partial charge in [0.05, 0.1) is 6.10 Å². The normalized spacial score (nSPS) is 36.4. The number of anilines is 1. The molecule has 28 heavy (non-hydrogen) atoms. The molecule has 0 radical (unpaired) electrons. The van der Waals surface area contributed by atoms with Crippen molar-refractivity contribution in [3.63, 3.8) is 0 Å². The Kier molecular flexibility index (Phi) is 5.03. The Hall–Kier alpha value is -1.28. The molecule has 1 aromatic carbocycles. The number of hydrogen-bond acceptors (Lipinski definition) is 6. The Morgan fingerprint density at radius 2 is 2.25 bits per heavy atom. The minimum Gasteiger partial charge on any atom is -0.393 e. The topological polar surface area (TPSA) is 76.6 Å². The van der Waals surface area contributed by atoms with Crippen molar-refractivity contribution in [2.75, 3.05) is 18.4 Å². The van der Waals surface area contributed by atoms with Crippen molar-refractivity contribution in [2.24, 2.45) is 0 Å². The summed E-state index contributed by atoms with van der Waals surface area (Å²) in [5.74, 6) is 0.246. The van der Waals surface area contributed by atoms with Gasteiger partial charge >= 0.3 is 0 Å². The van der Waals surface area contributed by atoms with Gasteiger partial charge in [0.2, 0.25) is 5.91 Å². The molecule has 0 bridgehead atoms. The zero-order valence-electron chi connectivity index (χ0n) is 16.4. The number of fused-ring (bicyclic) bond motifs is 2. The van der Waals surface area contributed by atoms with Gasteiger partial charge in [-0.25, -0.2) is 0 Å². The van der Waals surface area contributed by atoms with E-state index in [0.717, 1.165) is 50.9 Å². The van der Waals surface area contributed by atoms with Gasteiger partial charge < -0.3 is 15.3 Å². The molecule has 5 rings (SSSR count). The van der Waals surface area contributed by atoms with Crippen molar-refractivity contribution >= 4 is 23.4 Å². The predicted octanol–water partition coefficient (Wildman–Crippen LogP) is 1.29. The molecule has 7 heteroatoms. The number of aliphatic hydroxyl groups is 1. The highest BCUT2D eigenvalue weighted by molar-refractivity contribution is 8.00. The average molecular weight is 403 g/mol. The second-order valence-corrected chi connectivity index (χ2v) is 9.94. The summed E-state index contributed by atoms with van der Waals surface area (Å²) in [4.78, 5) is 15.3. The van der Waals surface area contributed by atoms with Crippen LogP contribution in [-0.4, -0.2) is 64.0 Å². The quantitative estimate of drug-likeness (QED) is 0.608. The maximum atomic E-state index is 13.2. The third kappa shape index (κ3) is 3.43. The molecule has 1 aromatic rings. The first kappa shape index (κ1) is 18.7. The number of aryl methyl sites for hydroxylation is 1. The van der Waals surface area contributed by atoms with Crippen LogP contribution in [0.1, 0.15) is 37.3 Å². The van der Waals surface area contributed by atoms with Crippen LogP contribution in [0, 0.1) is 0 Å². The first-order valence-corrected chi connectivity index (χ1v) is 11.6. The average Bonchev–Trinajstić information content (AvgIpc) is 3.28. The summed E-state index contributed by atoms with van der Waals surface area (Å²) in [6, 6.07) is 7.12. The van der Waals surface area contributed by atoms with Crippen LogP contribution in [0.15, 0.2) is 18.2 Å². The van der Waals surface area contributed by atoms with E-state index in [2.05, 4.69) is 46.0 Å². The monoisotopic (exact) mass is 402 g/mol. The predicted molar refractivity (Wildman–Crippen MR) is 112 cm³/mol. The third-order valence-electron chi connectivity index (χ3n) is 6.74. The van der Waals surface area contributed by atoms with Gasteiger partial charge in [-0.05, 0) is 42.9 Å². The summed E-state index contributed by atoms with van der Waals surface area (Å²) in [6.45, 7) is 3.83. The van der Waals surface area contributed by atoms with Gasteiger partial charge in [0.25, 0.3) is 0 Å². The number of piperidine rings is 1. The number of aliphatic hydroxyl groups excluding tert-OH is 1. The number of hydrogen-bond donors (Lipinski definition) is 4. The maximum absolute atomic E-state index is 13.2. The molecule has 4 unspecified atom stereocenters. The van der Waals surface area contributed by atoms with Gasteiger partial charge in [-0.2, -0.15) is 0 Å². The molecule has 0 aromatic heterocycles. The number of likely N-dealkylation sites (tertiary alicyclic amines) is 1. The minimum atomic E-state index is -0.129. The van der Waals surface area contributed by atoms with Crippen molar-refractivity contribution < 1.29 is 9.90 Å². The molecule has 4 N–H and O–H groups in total. The van der Waals surface area contributed by atoms with Gasteiger partial charge in [-0.15, -0.1) is 11.8 Å². The van der Waals surface area contributed by atoms with E-state index in [-0.39, 0.29) is 23.6 Å². The molecule has 2 saturated heterocycles. The lowest BCUT2D eigenvalue weighted by atomic mass is 9.90. The molecule has 6 nitrogen and oxygen atoms in total. The van der Waals surface area contributed by atoms with Crippen LogP contribution in [-0.2, 0) is 17.6 Å². The van der Waals surface area contributed by atoms with Crippen LogP contribution in [0.3, 0.4) is 0 Å². The number of nitrogens with zero attached hydrogens (tertiary/aromatic N) is 1. The largest absolute Gasteiger partial charge is 0.393 e. The Bertz CT molecular complexity index is 754. The molecule has 4 atom stereocenters. The smallest absolute Gasteiger partial charge is 0.245 e. The van der Waals surface area contributed by atoms with Gasteiger partial charge in [-0.1, -0.05) is 19.1 Å². The van der Waals surface area contributed by atoms with E-state index in [1.165, 1.54) is 11.1 Å². The van der Waals surface area contributed by atoms with E-state index < -0.39 is 0 Å². The molecule has 3 aliphatic heterocycles. The third-order valence-corrected chi connectivity index (χ3v) is 8.11. The van der Waals surface area contributed by atoms with Gasteiger partial charge in [0, 0.05) is 42.5 Å². The second-order valence-electron chi connectivity index (χ2n) is 8.59. The van der Waals surface area contributed by atoms with Crippen molar-refractivity contribution in [1.82, 2.24) is 15.5 Å². The number of thioether (sulfide) groups is 1. The van der Waals surface area contributed by atoms with Crippen LogP contribution in [0.5, 0.6) is 0 Å². The van der Waals surface area contributed by atoms with Gasteiger partial charge in [0.15, 0.2) is 0 Å². The zero-order valence-corrected chi connectivity index (χ0v) is 17.2. The molecule has 1 amide bonds. The molecular weight excluding hydrogens is 372 g/mol. The Balaban J connectivity index is 1.18. The first-order valence-electron chi connectivity index (χ1n) is 10.6. The lowest BCUT2D eigenvalue weighted by molar-refractivity contribution is -0.132. The number of carbonyl (C=O) groups is 1. The highest BCUT2D eigenvalue weighted by atomic mass is 32.2. The van der Waals surface area contributed by atoms with Crippen molar-refractivity contribution in [3.8, 4) is 0 Å². The van der Waals surface area contributed by atoms with Gasteiger partial charge in [0.1, 0.15) is 11.5 Å². The number of rotatable bonds is 4. The highest BCUT2D eigenvalue weighted by Gasteiger charge is 2.42. The molecule has 4 aliphatic rings. The Labute approximate surface area is 170 Å². The van der Waals surface area contributed by atoms with Crippen LogP contribution in [0.25, 0.3) is 0 Å². The fraction of sp³-hybridized carbons (Fsp3) is 0.667. The summed E-state index contributed by atoms with van der Waals surface area (Å²) in [5, 5.41) is 20.7. The fourth-order valence-corrected chi connectivity index (χ4v) is 6.58. The van der Waals surface area contributed by atoms with E-state index in [0.29, 0.717) is 17.3 Å². The van der Waals surface area contributed by atoms with E-state index >= 15 is 0 Å². The number of carbonyl (C=O) groups excluding carboxylic acids is 1. The van der Waals surface area contributed by atoms with Crippen LogP contribution in [0.2, 0.25) is 0 Å². The molecular formula is C21H30N4O2S. The van der Waals surface area contributed by atoms with Crippen LogP contribution < -0.4 is 16.0 Å². The minimum absolute atomic E-state index is 0.121. The number of nitrogens with one attached hydrogen (secondary N) is 3. The lowest BCUT2D eigenvalue weighted by Crippen LogP contribution is -2.54. The summed E-state index contributed by atoms with van der Waals surface area (Å²) in [6.07, 6.45) is 4.40. The molecule has 1 saturated carbocycles. The van der Waals surface area contributed by atoms with E-state index in [1.54, 1.807) is 0 Å². The van der Waals surface area contributed by atoms with E-state index in [1.807, 2.05) is 11.8 Å². The van der Waals surface area contributed by atoms with Gasteiger partial charge in [-0.3, -0.25) is 15.4 Å². The highest BCUT2D eigenvalue weighted by Crippen LogP contribution is 2.35. The Morgan fingerprint density at radius 1 is 1.39 bits per heavy atom. The van der Waals surface area contributed by atoms with Crippen molar-refractivity contribution in [1.29, 1.82) is 0 Å². The molecule has 1 aliphatic carbocycles. The van der Waals surface area contributed by atoms with Crippen molar-refractivity contribution in [3.05, 3.63) is 29.3 Å². The summed E-state index contributed by atoms with van der Waals surface area (Å²) < 4.78 is 0.